The van der Waals surface area contributed by atoms with Crippen LogP contribution in [-0.2, 0) is 11.2 Å². The van der Waals surface area contributed by atoms with Crippen molar-refractivity contribution in [2.45, 2.75) is 33.1 Å². The standard InChI is InChI=1S/C11H18N4O3S/c1-3-5-7(9(16)17)6-12-10(18)13-11-15-14-8(4-2)19-11/h7H,3-6H2,1-2H3,(H,16,17)(H2,12,13,15,18). The smallest absolute Gasteiger partial charge is 0.321 e. The molecule has 0 fully saturated rings. The number of anilines is 1. The average Bonchev–Trinajstić information content (AvgIpc) is 2.81. The highest BCUT2D eigenvalue weighted by Crippen LogP contribution is 2.15. The summed E-state index contributed by atoms with van der Waals surface area (Å²) in [6.45, 7) is 3.96. The van der Waals surface area contributed by atoms with Crippen LogP contribution >= 0.6 is 11.3 Å². The maximum absolute atomic E-state index is 11.6. The lowest BCUT2D eigenvalue weighted by atomic mass is 10.0. The highest BCUT2D eigenvalue weighted by atomic mass is 32.1. The average molecular weight is 286 g/mol. The first-order valence-electron chi connectivity index (χ1n) is 6.16. The quantitative estimate of drug-likeness (QED) is 0.708. The fourth-order valence-electron chi connectivity index (χ4n) is 1.47. The number of carboxylic acid groups (broad SMARTS) is 1. The van der Waals surface area contributed by atoms with Crippen molar-refractivity contribution in [3.05, 3.63) is 5.01 Å². The number of aryl methyl sites for hydroxylation is 1. The van der Waals surface area contributed by atoms with E-state index in [1.807, 2.05) is 13.8 Å². The van der Waals surface area contributed by atoms with Crippen LogP contribution in [0.2, 0.25) is 0 Å². The van der Waals surface area contributed by atoms with Crippen LogP contribution in [0, 0.1) is 5.92 Å². The summed E-state index contributed by atoms with van der Waals surface area (Å²) in [5.41, 5.74) is 0. The Morgan fingerprint density at radius 1 is 1.37 bits per heavy atom. The van der Waals surface area contributed by atoms with Gasteiger partial charge < -0.3 is 10.4 Å². The molecule has 1 aromatic heterocycles. The van der Waals surface area contributed by atoms with Gasteiger partial charge in [0.25, 0.3) is 0 Å². The number of carbonyl (C=O) groups is 2. The number of aromatic nitrogens is 2. The zero-order chi connectivity index (χ0) is 14.3. The van der Waals surface area contributed by atoms with Crippen LogP contribution in [-0.4, -0.2) is 33.8 Å². The van der Waals surface area contributed by atoms with Crippen LogP contribution in [0.4, 0.5) is 9.93 Å². The number of nitrogens with zero attached hydrogens (tertiary/aromatic N) is 2. The Hall–Kier alpha value is -1.70. The van der Waals surface area contributed by atoms with E-state index in [4.69, 9.17) is 5.11 Å². The summed E-state index contributed by atoms with van der Waals surface area (Å²) in [5.74, 6) is -1.46. The van der Waals surface area contributed by atoms with E-state index in [9.17, 15) is 9.59 Å². The van der Waals surface area contributed by atoms with E-state index in [0.717, 1.165) is 17.8 Å². The van der Waals surface area contributed by atoms with Crippen LogP contribution in [0.25, 0.3) is 0 Å². The molecule has 1 unspecified atom stereocenters. The van der Waals surface area contributed by atoms with E-state index < -0.39 is 17.9 Å². The lowest BCUT2D eigenvalue weighted by Gasteiger charge is -2.11. The summed E-state index contributed by atoms with van der Waals surface area (Å²) in [5, 5.41) is 22.9. The van der Waals surface area contributed by atoms with Crippen molar-refractivity contribution >= 4 is 28.5 Å². The second-order valence-electron chi connectivity index (χ2n) is 4.01. The van der Waals surface area contributed by atoms with Crippen LogP contribution in [0.1, 0.15) is 31.7 Å². The molecule has 1 aromatic rings. The van der Waals surface area contributed by atoms with Gasteiger partial charge in [-0.1, -0.05) is 31.6 Å². The molecule has 0 aromatic carbocycles. The lowest BCUT2D eigenvalue weighted by molar-refractivity contribution is -0.141. The number of amides is 2. The number of carboxylic acids is 1. The number of nitrogens with one attached hydrogen (secondary N) is 2. The molecule has 0 aliphatic heterocycles. The summed E-state index contributed by atoms with van der Waals surface area (Å²) >= 11 is 1.30. The van der Waals surface area contributed by atoms with Crippen molar-refractivity contribution in [3.8, 4) is 0 Å². The van der Waals surface area contributed by atoms with Gasteiger partial charge in [-0.15, -0.1) is 10.2 Å². The topological polar surface area (TPSA) is 104 Å². The van der Waals surface area contributed by atoms with Gasteiger partial charge in [-0.3, -0.25) is 10.1 Å². The van der Waals surface area contributed by atoms with Crippen molar-refractivity contribution < 1.29 is 14.7 Å². The lowest BCUT2D eigenvalue weighted by Crippen LogP contribution is -2.35. The highest BCUT2D eigenvalue weighted by molar-refractivity contribution is 7.15. The van der Waals surface area contributed by atoms with Crippen molar-refractivity contribution in [2.24, 2.45) is 5.92 Å². The van der Waals surface area contributed by atoms with Gasteiger partial charge in [-0.05, 0) is 12.8 Å². The van der Waals surface area contributed by atoms with Gasteiger partial charge in [0.2, 0.25) is 5.13 Å². The third kappa shape index (κ3) is 5.21. The number of urea groups is 1. The Bertz CT molecular complexity index is 435. The van der Waals surface area contributed by atoms with E-state index in [0.29, 0.717) is 11.6 Å². The Kier molecular flexibility index (Phi) is 6.20. The van der Waals surface area contributed by atoms with Gasteiger partial charge in [0.15, 0.2) is 0 Å². The largest absolute Gasteiger partial charge is 0.481 e. The summed E-state index contributed by atoms with van der Waals surface area (Å²) in [6.07, 6.45) is 2.06. The van der Waals surface area contributed by atoms with Gasteiger partial charge in [0.05, 0.1) is 5.92 Å². The number of hydrogen-bond donors (Lipinski definition) is 3. The molecule has 1 heterocycles. The molecule has 19 heavy (non-hydrogen) atoms. The zero-order valence-corrected chi connectivity index (χ0v) is 11.8. The molecule has 2 amide bonds. The number of aliphatic carboxylic acids is 1. The van der Waals surface area contributed by atoms with Crippen molar-refractivity contribution in [3.63, 3.8) is 0 Å². The Morgan fingerprint density at radius 3 is 2.63 bits per heavy atom. The Morgan fingerprint density at radius 2 is 2.11 bits per heavy atom. The molecule has 0 spiro atoms. The molecule has 0 bridgehead atoms. The van der Waals surface area contributed by atoms with Gasteiger partial charge in [-0.2, -0.15) is 0 Å². The molecule has 0 saturated carbocycles. The molecule has 0 saturated heterocycles. The normalized spacial score (nSPS) is 11.9. The minimum Gasteiger partial charge on any atom is -0.481 e. The van der Waals surface area contributed by atoms with E-state index in [1.54, 1.807) is 0 Å². The molecule has 8 heteroatoms. The van der Waals surface area contributed by atoms with Crippen LogP contribution in [0.15, 0.2) is 0 Å². The molecular formula is C11H18N4O3S. The van der Waals surface area contributed by atoms with Gasteiger partial charge in [0, 0.05) is 6.54 Å². The minimum atomic E-state index is -0.897. The molecule has 0 aliphatic carbocycles. The summed E-state index contributed by atoms with van der Waals surface area (Å²) in [7, 11) is 0. The molecule has 106 valence electrons. The number of rotatable bonds is 7. The highest BCUT2D eigenvalue weighted by Gasteiger charge is 2.17. The van der Waals surface area contributed by atoms with Crippen LogP contribution < -0.4 is 10.6 Å². The zero-order valence-electron chi connectivity index (χ0n) is 11.0. The van der Waals surface area contributed by atoms with Crippen molar-refractivity contribution in [1.29, 1.82) is 0 Å². The molecule has 0 aliphatic rings. The predicted octanol–water partition coefficient (Wildman–Crippen LogP) is 1.72. The monoisotopic (exact) mass is 286 g/mol. The van der Waals surface area contributed by atoms with Crippen LogP contribution in [0.3, 0.4) is 0 Å². The molecular weight excluding hydrogens is 268 g/mol. The van der Waals surface area contributed by atoms with Crippen molar-refractivity contribution in [2.75, 3.05) is 11.9 Å². The summed E-state index contributed by atoms with van der Waals surface area (Å²) in [6, 6.07) is -0.457. The third-order valence-corrected chi connectivity index (χ3v) is 3.47. The molecule has 1 rings (SSSR count). The number of carbonyl (C=O) groups excluding carboxylic acids is 1. The van der Waals surface area contributed by atoms with Crippen LogP contribution in [0.5, 0.6) is 0 Å². The third-order valence-electron chi connectivity index (χ3n) is 2.49. The van der Waals surface area contributed by atoms with E-state index in [1.165, 1.54) is 11.3 Å². The van der Waals surface area contributed by atoms with Gasteiger partial charge >= 0.3 is 12.0 Å². The van der Waals surface area contributed by atoms with E-state index in [2.05, 4.69) is 20.8 Å². The van der Waals surface area contributed by atoms with Gasteiger partial charge in [0.1, 0.15) is 5.01 Å². The molecule has 0 radical (unpaired) electrons. The minimum absolute atomic E-state index is 0.106. The van der Waals surface area contributed by atoms with E-state index >= 15 is 0 Å². The second-order valence-corrected chi connectivity index (χ2v) is 5.08. The maximum Gasteiger partial charge on any atom is 0.321 e. The molecule has 7 nitrogen and oxygen atoms in total. The fourth-order valence-corrected chi connectivity index (χ4v) is 2.14. The summed E-state index contributed by atoms with van der Waals surface area (Å²) < 4.78 is 0. The predicted molar refractivity (Wildman–Crippen MR) is 72.3 cm³/mol. The Labute approximate surface area is 115 Å². The van der Waals surface area contributed by atoms with Gasteiger partial charge in [-0.25, -0.2) is 4.79 Å². The van der Waals surface area contributed by atoms with Crippen molar-refractivity contribution in [1.82, 2.24) is 15.5 Å². The maximum atomic E-state index is 11.6. The second kappa shape index (κ2) is 7.67. The number of hydrogen-bond acceptors (Lipinski definition) is 5. The first kappa shape index (κ1) is 15.4. The molecule has 3 N–H and O–H groups in total. The SMILES string of the molecule is CCCC(CNC(=O)Nc1nnc(CC)s1)C(=O)O. The first-order valence-corrected chi connectivity index (χ1v) is 6.98. The first-order chi connectivity index (χ1) is 9.06. The summed E-state index contributed by atoms with van der Waals surface area (Å²) in [4.78, 5) is 22.5. The fraction of sp³-hybridized carbons (Fsp3) is 0.636. The molecule has 1 atom stereocenters. The Balaban J connectivity index is 2.40. The van der Waals surface area contributed by atoms with E-state index in [-0.39, 0.29) is 6.54 Å².